The highest BCUT2D eigenvalue weighted by Gasteiger charge is 2.42. The molecular formula is C29H30FNO6. The Morgan fingerprint density at radius 1 is 1.14 bits per heavy atom. The van der Waals surface area contributed by atoms with E-state index in [0.29, 0.717) is 66.3 Å². The van der Waals surface area contributed by atoms with Crippen LogP contribution in [0.5, 0.6) is 11.5 Å². The molecule has 3 aliphatic rings. The molecule has 0 radical (unpaired) electrons. The molecule has 2 heterocycles. The summed E-state index contributed by atoms with van der Waals surface area (Å²) in [5.41, 5.74) is 3.41. The predicted molar refractivity (Wildman–Crippen MR) is 134 cm³/mol. The molecule has 1 saturated heterocycles. The van der Waals surface area contributed by atoms with Crippen LogP contribution in [0.25, 0.3) is 0 Å². The zero-order chi connectivity index (χ0) is 26.1. The first-order valence-corrected chi connectivity index (χ1v) is 12.5. The molecule has 1 fully saturated rings. The number of methoxy groups -OCH3 is 1. The number of ether oxygens (including phenoxy) is 3. The van der Waals surface area contributed by atoms with Gasteiger partial charge in [-0.1, -0.05) is 24.3 Å². The molecule has 0 bridgehead atoms. The zero-order valence-electron chi connectivity index (χ0n) is 20.9. The Morgan fingerprint density at radius 3 is 2.62 bits per heavy atom. The molecule has 2 atom stereocenters. The maximum Gasteiger partial charge on any atom is 0.337 e. The number of carbonyl (C=O) groups is 2. The molecule has 194 valence electrons. The molecule has 8 heteroatoms. The van der Waals surface area contributed by atoms with Gasteiger partial charge in [-0.15, -0.1) is 0 Å². The number of hydrogen-bond donors (Lipinski definition) is 2. The van der Waals surface area contributed by atoms with E-state index in [1.165, 1.54) is 12.1 Å². The summed E-state index contributed by atoms with van der Waals surface area (Å²) in [4.78, 5) is 27.3. The van der Waals surface area contributed by atoms with E-state index in [1.54, 1.807) is 14.0 Å². The summed E-state index contributed by atoms with van der Waals surface area (Å²) in [7, 11) is 1.60. The largest absolute Gasteiger partial charge is 0.505 e. The Morgan fingerprint density at radius 2 is 1.89 bits per heavy atom. The van der Waals surface area contributed by atoms with E-state index in [2.05, 4.69) is 5.32 Å². The fourth-order valence-corrected chi connectivity index (χ4v) is 5.58. The topological polar surface area (TPSA) is 94.1 Å². The molecule has 2 aromatic carbocycles. The Balaban J connectivity index is 1.55. The molecule has 2 N–H and O–H groups in total. The minimum Gasteiger partial charge on any atom is -0.505 e. The van der Waals surface area contributed by atoms with Gasteiger partial charge in [0, 0.05) is 48.1 Å². The van der Waals surface area contributed by atoms with Crippen LogP contribution in [-0.2, 0) is 19.1 Å². The van der Waals surface area contributed by atoms with Crippen LogP contribution >= 0.6 is 0 Å². The maximum atomic E-state index is 14.0. The van der Waals surface area contributed by atoms with Gasteiger partial charge in [-0.2, -0.15) is 0 Å². The lowest BCUT2D eigenvalue weighted by Gasteiger charge is -2.37. The van der Waals surface area contributed by atoms with Gasteiger partial charge in [0.2, 0.25) is 0 Å². The molecule has 2 aliphatic heterocycles. The number of halogens is 1. The fourth-order valence-electron chi connectivity index (χ4n) is 5.58. The number of rotatable bonds is 5. The van der Waals surface area contributed by atoms with Crippen LogP contribution in [0.4, 0.5) is 4.39 Å². The highest BCUT2D eigenvalue weighted by atomic mass is 19.1. The number of allylic oxidation sites excluding steroid dienone is 3. The minimum absolute atomic E-state index is 0.110. The number of esters is 1. The molecule has 0 saturated carbocycles. The van der Waals surface area contributed by atoms with Gasteiger partial charge in [-0.25, -0.2) is 9.18 Å². The van der Waals surface area contributed by atoms with Gasteiger partial charge in [-0.05, 0) is 42.7 Å². The first-order valence-electron chi connectivity index (χ1n) is 12.5. The number of aromatic hydroxyl groups is 1. The highest BCUT2D eigenvalue weighted by molar-refractivity contribution is 6.04. The smallest absolute Gasteiger partial charge is 0.337 e. The molecule has 0 amide bonds. The van der Waals surface area contributed by atoms with Crippen molar-refractivity contribution in [3.05, 3.63) is 81.9 Å². The van der Waals surface area contributed by atoms with Crippen LogP contribution < -0.4 is 10.1 Å². The van der Waals surface area contributed by atoms with Crippen LogP contribution in [0.2, 0.25) is 0 Å². The molecule has 0 aromatic heterocycles. The SMILES string of the molecule is COc1ccccc1[C@H]1CC(=O)C2=C(C1)NC(C)=C(C(=O)OC1CCOCC1)C2c1ccc(F)c(O)c1. The minimum atomic E-state index is -0.791. The van der Waals surface area contributed by atoms with Crippen molar-refractivity contribution in [2.45, 2.75) is 50.5 Å². The van der Waals surface area contributed by atoms with E-state index < -0.39 is 23.5 Å². The zero-order valence-corrected chi connectivity index (χ0v) is 20.9. The Labute approximate surface area is 214 Å². The van der Waals surface area contributed by atoms with Gasteiger partial charge >= 0.3 is 5.97 Å². The number of phenols is 1. The number of para-hydroxylation sites is 1. The van der Waals surface area contributed by atoms with Crippen molar-refractivity contribution in [2.75, 3.05) is 20.3 Å². The molecule has 1 aliphatic carbocycles. The fraction of sp³-hybridized carbons (Fsp3) is 0.379. The number of Topliss-reactive ketones (excluding diaryl/α,β-unsaturated/α-hetero) is 1. The van der Waals surface area contributed by atoms with Crippen molar-refractivity contribution in [3.63, 3.8) is 0 Å². The van der Waals surface area contributed by atoms with E-state index in [0.717, 1.165) is 11.6 Å². The van der Waals surface area contributed by atoms with Crippen LogP contribution in [-0.4, -0.2) is 43.3 Å². The van der Waals surface area contributed by atoms with E-state index in [9.17, 15) is 19.1 Å². The Bertz CT molecular complexity index is 1290. The molecular weight excluding hydrogens is 477 g/mol. The van der Waals surface area contributed by atoms with Gasteiger partial charge < -0.3 is 24.6 Å². The summed E-state index contributed by atoms with van der Waals surface area (Å²) in [6.07, 6.45) is 1.68. The normalized spacial score (nSPS) is 22.4. The number of benzene rings is 2. The number of carbonyl (C=O) groups excluding carboxylic acids is 2. The van der Waals surface area contributed by atoms with Crippen molar-refractivity contribution >= 4 is 11.8 Å². The Kier molecular flexibility index (Phi) is 7.02. The monoisotopic (exact) mass is 507 g/mol. The standard InChI is InChI=1S/C29H30FNO6/c1-16-26(29(34)37-19-9-11-36-12-10-19)27(17-7-8-21(30)23(32)14-17)28-22(31-16)13-18(15-24(28)33)20-5-3-4-6-25(20)35-2/h3-8,14,18-19,27,31-32H,9-13,15H2,1-2H3/t18-,27?/m1/s1. The van der Waals surface area contributed by atoms with Crippen LogP contribution in [0.15, 0.2) is 65.0 Å². The average molecular weight is 508 g/mol. The summed E-state index contributed by atoms with van der Waals surface area (Å²) in [5, 5.41) is 13.5. The van der Waals surface area contributed by atoms with Crippen LogP contribution in [0.1, 0.15) is 55.6 Å². The van der Waals surface area contributed by atoms with Crippen molar-refractivity contribution in [1.29, 1.82) is 0 Å². The lowest BCUT2D eigenvalue weighted by Crippen LogP contribution is -2.37. The van der Waals surface area contributed by atoms with E-state index in [1.807, 2.05) is 24.3 Å². The van der Waals surface area contributed by atoms with Gasteiger partial charge in [0.05, 0.1) is 25.9 Å². The second-order valence-electron chi connectivity index (χ2n) is 9.69. The third-order valence-electron chi connectivity index (χ3n) is 7.37. The summed E-state index contributed by atoms with van der Waals surface area (Å²) in [6, 6.07) is 11.6. The van der Waals surface area contributed by atoms with E-state index in [4.69, 9.17) is 14.2 Å². The number of hydrogen-bond acceptors (Lipinski definition) is 7. The third-order valence-corrected chi connectivity index (χ3v) is 7.37. The van der Waals surface area contributed by atoms with Gasteiger partial charge in [-0.3, -0.25) is 4.79 Å². The highest BCUT2D eigenvalue weighted by Crippen LogP contribution is 2.47. The van der Waals surface area contributed by atoms with Crippen molar-refractivity contribution < 1.29 is 33.3 Å². The van der Waals surface area contributed by atoms with Crippen molar-refractivity contribution in [1.82, 2.24) is 5.32 Å². The molecule has 2 aromatic rings. The number of phenolic OH excluding ortho intramolecular Hbond substituents is 1. The maximum absolute atomic E-state index is 14.0. The van der Waals surface area contributed by atoms with Gasteiger partial charge in [0.25, 0.3) is 0 Å². The van der Waals surface area contributed by atoms with E-state index >= 15 is 0 Å². The third kappa shape index (κ3) is 4.85. The molecule has 0 spiro atoms. The summed E-state index contributed by atoms with van der Waals surface area (Å²) in [5.74, 6) is -2.15. The summed E-state index contributed by atoms with van der Waals surface area (Å²) >= 11 is 0. The quantitative estimate of drug-likeness (QED) is 0.570. The lowest BCUT2D eigenvalue weighted by atomic mass is 9.71. The first kappa shape index (κ1) is 25.0. The average Bonchev–Trinajstić information content (AvgIpc) is 2.89. The second-order valence-corrected chi connectivity index (χ2v) is 9.69. The van der Waals surface area contributed by atoms with Crippen molar-refractivity contribution in [3.8, 4) is 11.5 Å². The predicted octanol–water partition coefficient (Wildman–Crippen LogP) is 4.62. The van der Waals surface area contributed by atoms with Crippen LogP contribution in [0, 0.1) is 5.82 Å². The molecule has 5 rings (SSSR count). The molecule has 1 unspecified atom stereocenters. The first-order chi connectivity index (χ1) is 17.9. The number of ketones is 1. The van der Waals surface area contributed by atoms with Crippen LogP contribution in [0.3, 0.4) is 0 Å². The van der Waals surface area contributed by atoms with E-state index in [-0.39, 0.29) is 24.2 Å². The summed E-state index contributed by atoms with van der Waals surface area (Å²) in [6.45, 7) is 2.81. The number of dihydropyridines is 1. The van der Waals surface area contributed by atoms with Crippen molar-refractivity contribution in [2.24, 2.45) is 0 Å². The lowest BCUT2D eigenvalue weighted by molar-refractivity contribution is -0.148. The second kappa shape index (κ2) is 10.4. The Hall–Kier alpha value is -3.65. The van der Waals surface area contributed by atoms with Gasteiger partial charge in [0.15, 0.2) is 17.3 Å². The molecule has 7 nitrogen and oxygen atoms in total. The molecule has 37 heavy (non-hydrogen) atoms. The number of nitrogens with one attached hydrogen (secondary N) is 1. The van der Waals surface area contributed by atoms with Gasteiger partial charge in [0.1, 0.15) is 11.9 Å². The summed E-state index contributed by atoms with van der Waals surface area (Å²) < 4.78 is 30.7.